The van der Waals surface area contributed by atoms with E-state index in [1.165, 1.54) is 7.11 Å². The lowest BCUT2D eigenvalue weighted by Gasteiger charge is -2.09. The molecule has 144 valence electrons. The molecular weight excluding hydrogens is 358 g/mol. The van der Waals surface area contributed by atoms with Crippen molar-refractivity contribution in [2.75, 3.05) is 14.2 Å². The van der Waals surface area contributed by atoms with Crippen molar-refractivity contribution in [2.45, 2.75) is 6.54 Å². The number of rotatable bonds is 6. The Balaban J connectivity index is 1.94. The highest BCUT2D eigenvalue weighted by molar-refractivity contribution is 6.11. The van der Waals surface area contributed by atoms with Crippen molar-refractivity contribution in [3.63, 3.8) is 0 Å². The predicted molar refractivity (Wildman–Crippen MR) is 106 cm³/mol. The van der Waals surface area contributed by atoms with Gasteiger partial charge in [-0.1, -0.05) is 12.1 Å². The van der Waals surface area contributed by atoms with E-state index in [1.54, 1.807) is 36.9 Å². The minimum absolute atomic E-state index is 0.306. The van der Waals surface area contributed by atoms with Crippen molar-refractivity contribution < 1.29 is 19.1 Å². The Kier molecular flexibility index (Phi) is 5.44. The van der Waals surface area contributed by atoms with Crippen LogP contribution in [-0.4, -0.2) is 36.9 Å². The normalized spacial score (nSPS) is 10.5. The van der Waals surface area contributed by atoms with Gasteiger partial charge in [-0.25, -0.2) is 4.79 Å². The average molecular weight is 379 g/mol. The number of hydrogen-bond donors (Lipinski definition) is 2. The highest BCUT2D eigenvalue weighted by Gasteiger charge is 2.21. The van der Waals surface area contributed by atoms with E-state index in [0.717, 1.165) is 17.3 Å². The van der Waals surface area contributed by atoms with Crippen LogP contribution in [0.2, 0.25) is 0 Å². The molecule has 28 heavy (non-hydrogen) atoms. The number of ether oxygens (including phenoxy) is 2. The smallest absolute Gasteiger partial charge is 0.337 e. The van der Waals surface area contributed by atoms with E-state index in [1.807, 2.05) is 24.3 Å². The fraction of sp³-hybridized carbons (Fsp3) is 0.190. The third-order valence-electron chi connectivity index (χ3n) is 4.61. The number of nitrogens with one attached hydrogen (secondary N) is 2. The lowest BCUT2D eigenvalue weighted by Crippen LogP contribution is -2.26. The molecule has 0 unspecified atom stereocenters. The molecule has 0 aliphatic carbocycles. The van der Waals surface area contributed by atoms with Crippen LogP contribution >= 0.6 is 0 Å². The summed E-state index contributed by atoms with van der Waals surface area (Å²) in [6.07, 6.45) is 1.13. The van der Waals surface area contributed by atoms with E-state index in [2.05, 4.69) is 5.32 Å². The number of carbonyl (C=O) groups excluding carboxylic acids is 2. The molecule has 0 fully saturated rings. The van der Waals surface area contributed by atoms with Gasteiger partial charge < -0.3 is 24.8 Å². The molecule has 0 radical (unpaired) electrons. The monoisotopic (exact) mass is 379 g/mol. The van der Waals surface area contributed by atoms with Crippen LogP contribution in [0.25, 0.3) is 10.9 Å². The Bertz CT molecular complexity index is 1070. The molecule has 0 spiro atoms. The largest absolute Gasteiger partial charge is 0.497 e. The molecule has 0 atom stereocenters. The van der Waals surface area contributed by atoms with Crippen LogP contribution in [0.4, 0.5) is 0 Å². The third kappa shape index (κ3) is 3.46. The predicted octanol–water partition coefficient (Wildman–Crippen LogP) is 2.90. The molecule has 0 aliphatic rings. The first-order valence-electron chi connectivity index (χ1n) is 8.62. The van der Waals surface area contributed by atoms with E-state index < -0.39 is 5.97 Å². The lowest BCUT2D eigenvalue weighted by molar-refractivity contribution is 0.0600. The highest BCUT2D eigenvalue weighted by Crippen LogP contribution is 2.26. The van der Waals surface area contributed by atoms with Gasteiger partial charge in [-0.15, -0.1) is 0 Å². The molecular formula is C21H21N3O4. The molecule has 3 aromatic rings. The maximum atomic E-state index is 12.9. The maximum absolute atomic E-state index is 12.9. The first kappa shape index (κ1) is 19.2. The van der Waals surface area contributed by atoms with Crippen LogP contribution in [0.1, 0.15) is 32.0 Å². The molecule has 1 heterocycles. The Morgan fingerprint density at radius 1 is 1.18 bits per heavy atom. The lowest BCUT2D eigenvalue weighted by atomic mass is 10.1. The summed E-state index contributed by atoms with van der Waals surface area (Å²) in [5.74, 6) is -0.0581. The summed E-state index contributed by atoms with van der Waals surface area (Å²) in [5.41, 5.74) is 2.82. The molecule has 7 heteroatoms. The average Bonchev–Trinajstić information content (AvgIpc) is 3.02. The number of methoxy groups -OCH3 is 2. The van der Waals surface area contributed by atoms with Gasteiger partial charge in [0.05, 0.1) is 19.8 Å². The van der Waals surface area contributed by atoms with Gasteiger partial charge in [0.15, 0.2) is 0 Å². The van der Waals surface area contributed by atoms with Crippen molar-refractivity contribution >= 4 is 29.0 Å². The number of benzene rings is 2. The number of hydrogen-bond acceptors (Lipinski definition) is 5. The summed E-state index contributed by atoms with van der Waals surface area (Å²) in [6, 6.07) is 12.5. The quantitative estimate of drug-likeness (QED) is 0.509. The number of carbonyl (C=O) groups is 2. The minimum Gasteiger partial charge on any atom is -0.497 e. The Morgan fingerprint density at radius 2 is 1.96 bits per heavy atom. The van der Waals surface area contributed by atoms with Crippen molar-refractivity contribution in [1.82, 2.24) is 9.88 Å². The number of fused-ring (bicyclic) bond motifs is 1. The van der Waals surface area contributed by atoms with E-state index in [9.17, 15) is 9.59 Å². The van der Waals surface area contributed by atoms with Gasteiger partial charge >= 0.3 is 5.97 Å². The summed E-state index contributed by atoms with van der Waals surface area (Å²) in [6.45, 7) is 0.322. The van der Waals surface area contributed by atoms with Crippen molar-refractivity contribution in [3.05, 3.63) is 64.8 Å². The molecule has 0 aliphatic heterocycles. The zero-order valence-electron chi connectivity index (χ0n) is 15.9. The van der Waals surface area contributed by atoms with Crippen LogP contribution < -0.4 is 10.1 Å². The number of amides is 1. The van der Waals surface area contributed by atoms with Gasteiger partial charge in [0.25, 0.3) is 5.91 Å². The summed E-state index contributed by atoms with van der Waals surface area (Å²) in [5, 5.41) is 11.3. The fourth-order valence-electron chi connectivity index (χ4n) is 3.19. The fourth-order valence-corrected chi connectivity index (χ4v) is 3.19. The summed E-state index contributed by atoms with van der Waals surface area (Å²) in [4.78, 5) is 24.7. The third-order valence-corrected chi connectivity index (χ3v) is 4.61. The van der Waals surface area contributed by atoms with Crippen LogP contribution in [0.3, 0.4) is 0 Å². The molecule has 1 amide bonds. The van der Waals surface area contributed by atoms with Crippen molar-refractivity contribution in [2.24, 2.45) is 7.05 Å². The molecule has 0 saturated carbocycles. The zero-order valence-corrected chi connectivity index (χ0v) is 15.9. The molecule has 2 aromatic carbocycles. The number of nitrogens with zero attached hydrogens (tertiary/aromatic N) is 1. The number of aromatic nitrogens is 1. The van der Waals surface area contributed by atoms with Crippen molar-refractivity contribution in [1.29, 1.82) is 5.41 Å². The number of esters is 1. The second-order valence-corrected chi connectivity index (χ2v) is 6.22. The van der Waals surface area contributed by atoms with Gasteiger partial charge in [-0.2, -0.15) is 0 Å². The molecule has 0 saturated heterocycles. The first-order chi connectivity index (χ1) is 13.5. The standard InChI is InChI=1S/C21H21N3O4/c1-24-18-8-7-14(21(26)28-3)10-16(18)17(11-22)19(24)20(25)23-12-13-5-4-6-15(9-13)27-2/h4-11,22H,12H2,1-3H3,(H,23,25). The van der Waals surface area contributed by atoms with Gasteiger partial charge in [0.1, 0.15) is 11.4 Å². The molecule has 2 N–H and O–H groups in total. The van der Waals surface area contributed by atoms with E-state index in [0.29, 0.717) is 34.5 Å². The topological polar surface area (TPSA) is 93.4 Å². The van der Waals surface area contributed by atoms with Crippen LogP contribution in [0.15, 0.2) is 42.5 Å². The van der Waals surface area contributed by atoms with Gasteiger partial charge in [-0.3, -0.25) is 4.79 Å². The van der Waals surface area contributed by atoms with Crippen LogP contribution in [-0.2, 0) is 18.3 Å². The Morgan fingerprint density at radius 3 is 2.64 bits per heavy atom. The van der Waals surface area contributed by atoms with Crippen LogP contribution in [0.5, 0.6) is 5.75 Å². The summed E-state index contributed by atoms with van der Waals surface area (Å²) in [7, 11) is 4.66. The Labute approximate surface area is 162 Å². The molecule has 7 nitrogen and oxygen atoms in total. The molecule has 0 bridgehead atoms. The summed E-state index contributed by atoms with van der Waals surface area (Å²) >= 11 is 0. The van der Waals surface area contributed by atoms with E-state index in [-0.39, 0.29) is 5.91 Å². The van der Waals surface area contributed by atoms with Crippen LogP contribution in [0, 0.1) is 5.41 Å². The summed E-state index contributed by atoms with van der Waals surface area (Å²) < 4.78 is 11.7. The van der Waals surface area contributed by atoms with Gasteiger partial charge in [0.2, 0.25) is 0 Å². The zero-order chi connectivity index (χ0) is 20.3. The first-order valence-corrected chi connectivity index (χ1v) is 8.62. The Hall–Kier alpha value is -3.61. The SMILES string of the molecule is COC(=O)c1ccc2c(c1)c(C=N)c(C(=O)NCc1cccc(OC)c1)n2C. The van der Waals surface area contributed by atoms with Gasteiger partial charge in [-0.05, 0) is 35.9 Å². The van der Waals surface area contributed by atoms with E-state index >= 15 is 0 Å². The molecule has 1 aromatic heterocycles. The number of aryl methyl sites for hydroxylation is 1. The second-order valence-electron chi connectivity index (χ2n) is 6.22. The highest BCUT2D eigenvalue weighted by atomic mass is 16.5. The van der Waals surface area contributed by atoms with Crippen molar-refractivity contribution in [3.8, 4) is 5.75 Å². The van der Waals surface area contributed by atoms with Gasteiger partial charge in [0, 0.05) is 36.3 Å². The minimum atomic E-state index is -0.467. The maximum Gasteiger partial charge on any atom is 0.337 e. The molecule has 3 rings (SSSR count). The second kappa shape index (κ2) is 7.96. The van der Waals surface area contributed by atoms with E-state index in [4.69, 9.17) is 14.9 Å².